The molecule has 134 valence electrons. The molecular formula is C15H19N5O5. The summed E-state index contributed by atoms with van der Waals surface area (Å²) in [6.45, 7) is 0.632. The number of carbonyl (C=O) groups excluding carboxylic acids is 3. The fraction of sp³-hybridized carbons (Fsp3) is 0.533. The Morgan fingerprint density at radius 3 is 2.80 bits per heavy atom. The van der Waals surface area contributed by atoms with Gasteiger partial charge in [-0.1, -0.05) is 0 Å². The quantitative estimate of drug-likeness (QED) is 0.672. The van der Waals surface area contributed by atoms with Gasteiger partial charge in [0.25, 0.3) is 0 Å². The molecule has 10 nitrogen and oxygen atoms in total. The zero-order valence-electron chi connectivity index (χ0n) is 13.6. The average Bonchev–Trinajstić information content (AvgIpc) is 3.13. The van der Waals surface area contributed by atoms with Gasteiger partial charge in [0.15, 0.2) is 0 Å². The van der Waals surface area contributed by atoms with E-state index in [0.717, 1.165) is 18.5 Å². The molecule has 1 aromatic rings. The third kappa shape index (κ3) is 3.95. The van der Waals surface area contributed by atoms with Crippen LogP contribution in [0.15, 0.2) is 12.3 Å². The van der Waals surface area contributed by atoms with Crippen molar-refractivity contribution in [1.82, 2.24) is 24.9 Å². The van der Waals surface area contributed by atoms with Crippen molar-refractivity contribution >= 4 is 23.8 Å². The maximum Gasteiger partial charge on any atom is 0.325 e. The van der Waals surface area contributed by atoms with Gasteiger partial charge in [0.1, 0.15) is 19.6 Å². The highest BCUT2D eigenvalue weighted by atomic mass is 16.4. The van der Waals surface area contributed by atoms with E-state index in [1.807, 2.05) is 0 Å². The van der Waals surface area contributed by atoms with Crippen LogP contribution in [0.4, 0.5) is 4.79 Å². The summed E-state index contributed by atoms with van der Waals surface area (Å²) in [5.41, 5.74) is 0.757. The topological polar surface area (TPSA) is 125 Å². The molecule has 2 aliphatic rings. The van der Waals surface area contributed by atoms with Crippen molar-refractivity contribution in [3.63, 3.8) is 0 Å². The first-order valence-corrected chi connectivity index (χ1v) is 8.04. The SMILES string of the molecule is O=C(O)Cn1ccc([C@H]2CCCN(C(=O)CN3CC(=O)NC3=O)C2)n1. The van der Waals surface area contributed by atoms with Crippen LogP contribution in [0.1, 0.15) is 24.5 Å². The molecule has 0 radical (unpaired) electrons. The Kier molecular flexibility index (Phi) is 4.68. The van der Waals surface area contributed by atoms with Gasteiger partial charge in [-0.05, 0) is 18.9 Å². The number of piperidine rings is 1. The number of nitrogens with one attached hydrogen (secondary N) is 1. The van der Waals surface area contributed by atoms with Crippen molar-refractivity contribution in [3.8, 4) is 0 Å². The molecule has 0 bridgehead atoms. The molecule has 2 fully saturated rings. The largest absolute Gasteiger partial charge is 0.480 e. The van der Waals surface area contributed by atoms with Gasteiger partial charge in [0, 0.05) is 25.2 Å². The number of carboxylic acids is 1. The molecule has 4 amide bonds. The van der Waals surface area contributed by atoms with Crippen LogP contribution in [0.25, 0.3) is 0 Å². The van der Waals surface area contributed by atoms with Crippen LogP contribution < -0.4 is 5.32 Å². The third-order valence-corrected chi connectivity index (χ3v) is 4.35. The highest BCUT2D eigenvalue weighted by Crippen LogP contribution is 2.25. The highest BCUT2D eigenvalue weighted by Gasteiger charge is 2.32. The predicted molar refractivity (Wildman–Crippen MR) is 83.5 cm³/mol. The standard InChI is InChI=1S/C15H19N5O5/c21-12-7-19(15(25)16-12)8-13(22)18-4-1-2-10(6-18)11-3-5-20(17-11)9-14(23)24/h3,5,10H,1-2,4,6-9H2,(H,23,24)(H,16,21,25)/t10-/m0/s1. The molecule has 0 saturated carbocycles. The van der Waals surface area contributed by atoms with Gasteiger partial charge in [-0.15, -0.1) is 0 Å². The summed E-state index contributed by atoms with van der Waals surface area (Å²) >= 11 is 0. The predicted octanol–water partition coefficient (Wildman–Crippen LogP) is -0.774. The average molecular weight is 349 g/mol. The van der Waals surface area contributed by atoms with Gasteiger partial charge in [0.05, 0.1) is 5.69 Å². The lowest BCUT2D eigenvalue weighted by Gasteiger charge is -2.32. The number of hydrogen-bond acceptors (Lipinski definition) is 5. The minimum atomic E-state index is -0.964. The van der Waals surface area contributed by atoms with E-state index in [9.17, 15) is 19.2 Å². The monoisotopic (exact) mass is 349 g/mol. The first kappa shape index (κ1) is 16.9. The molecule has 2 saturated heterocycles. The van der Waals surface area contributed by atoms with Gasteiger partial charge >= 0.3 is 12.0 Å². The van der Waals surface area contributed by atoms with E-state index in [4.69, 9.17) is 5.11 Å². The molecule has 0 unspecified atom stereocenters. The van der Waals surface area contributed by atoms with Crippen molar-refractivity contribution in [1.29, 1.82) is 0 Å². The van der Waals surface area contributed by atoms with Gasteiger partial charge < -0.3 is 14.9 Å². The van der Waals surface area contributed by atoms with Crippen molar-refractivity contribution in [3.05, 3.63) is 18.0 Å². The third-order valence-electron chi connectivity index (χ3n) is 4.35. The number of amides is 4. The van der Waals surface area contributed by atoms with Gasteiger partial charge in [-0.3, -0.25) is 24.4 Å². The molecule has 25 heavy (non-hydrogen) atoms. The molecule has 1 atom stereocenters. The summed E-state index contributed by atoms with van der Waals surface area (Å²) in [5.74, 6) is -1.55. The number of aliphatic carboxylic acids is 1. The zero-order valence-corrected chi connectivity index (χ0v) is 13.6. The summed E-state index contributed by atoms with van der Waals surface area (Å²) in [7, 11) is 0. The fourth-order valence-corrected chi connectivity index (χ4v) is 3.14. The molecule has 2 aliphatic heterocycles. The Hall–Kier alpha value is -2.91. The van der Waals surface area contributed by atoms with Crippen molar-refractivity contribution in [2.45, 2.75) is 25.3 Å². The van der Waals surface area contributed by atoms with Crippen LogP contribution in [0.2, 0.25) is 0 Å². The summed E-state index contributed by atoms with van der Waals surface area (Å²) in [4.78, 5) is 48.7. The van der Waals surface area contributed by atoms with E-state index >= 15 is 0 Å². The Bertz CT molecular complexity index is 715. The van der Waals surface area contributed by atoms with Crippen molar-refractivity contribution in [2.24, 2.45) is 0 Å². The molecule has 2 N–H and O–H groups in total. The van der Waals surface area contributed by atoms with E-state index < -0.39 is 17.9 Å². The van der Waals surface area contributed by atoms with Crippen LogP contribution in [0, 0.1) is 0 Å². The van der Waals surface area contributed by atoms with Crippen LogP contribution >= 0.6 is 0 Å². The summed E-state index contributed by atoms with van der Waals surface area (Å²) < 4.78 is 1.36. The Morgan fingerprint density at radius 1 is 1.32 bits per heavy atom. The van der Waals surface area contributed by atoms with E-state index in [-0.39, 0.29) is 31.5 Å². The second kappa shape index (κ2) is 6.91. The van der Waals surface area contributed by atoms with Crippen LogP contribution in [-0.2, 0) is 20.9 Å². The van der Waals surface area contributed by atoms with Crippen LogP contribution in [0.5, 0.6) is 0 Å². The highest BCUT2D eigenvalue weighted by molar-refractivity contribution is 6.03. The lowest BCUT2D eigenvalue weighted by Crippen LogP contribution is -2.45. The second-order valence-corrected chi connectivity index (χ2v) is 6.22. The molecule has 0 aliphatic carbocycles. The van der Waals surface area contributed by atoms with E-state index in [0.29, 0.717) is 13.1 Å². The number of hydrogen-bond donors (Lipinski definition) is 2. The van der Waals surface area contributed by atoms with E-state index in [2.05, 4.69) is 10.4 Å². The molecule has 0 aromatic carbocycles. The lowest BCUT2D eigenvalue weighted by molar-refractivity contribution is -0.138. The van der Waals surface area contributed by atoms with E-state index in [1.54, 1.807) is 17.2 Å². The zero-order chi connectivity index (χ0) is 18.0. The molecule has 3 heterocycles. The number of carbonyl (C=O) groups is 4. The maximum absolute atomic E-state index is 12.4. The summed E-state index contributed by atoms with van der Waals surface area (Å²) in [6.07, 6.45) is 3.27. The first-order valence-electron chi connectivity index (χ1n) is 8.04. The van der Waals surface area contributed by atoms with Crippen LogP contribution in [-0.4, -0.2) is 74.7 Å². The van der Waals surface area contributed by atoms with Gasteiger partial charge in [-0.25, -0.2) is 4.79 Å². The number of aromatic nitrogens is 2. The normalized spacial score (nSPS) is 20.7. The van der Waals surface area contributed by atoms with Crippen molar-refractivity contribution in [2.75, 3.05) is 26.2 Å². The summed E-state index contributed by atoms with van der Waals surface area (Å²) in [6, 6.07) is 1.23. The molecule has 1 aromatic heterocycles. The van der Waals surface area contributed by atoms with Gasteiger partial charge in [-0.2, -0.15) is 5.10 Å². The number of rotatable bonds is 5. The maximum atomic E-state index is 12.4. The smallest absolute Gasteiger partial charge is 0.325 e. The molecular weight excluding hydrogens is 330 g/mol. The first-order chi connectivity index (χ1) is 11.9. The number of nitrogens with zero attached hydrogens (tertiary/aromatic N) is 4. The van der Waals surface area contributed by atoms with Crippen LogP contribution in [0.3, 0.4) is 0 Å². The number of carboxylic acid groups (broad SMARTS) is 1. The molecule has 3 rings (SSSR count). The molecule has 0 spiro atoms. The van der Waals surface area contributed by atoms with Crippen molar-refractivity contribution < 1.29 is 24.3 Å². The Balaban J connectivity index is 1.59. The summed E-state index contributed by atoms with van der Waals surface area (Å²) in [5, 5.41) is 15.2. The minimum absolute atomic E-state index is 0.0294. The molecule has 10 heteroatoms. The Labute approximate surface area is 143 Å². The van der Waals surface area contributed by atoms with E-state index in [1.165, 1.54) is 9.58 Å². The second-order valence-electron chi connectivity index (χ2n) is 6.22. The number of imide groups is 1. The fourth-order valence-electron chi connectivity index (χ4n) is 3.14. The van der Waals surface area contributed by atoms with Gasteiger partial charge in [0.2, 0.25) is 11.8 Å². The number of likely N-dealkylation sites (tertiary alicyclic amines) is 1. The Morgan fingerprint density at radius 2 is 2.12 bits per heavy atom. The lowest BCUT2D eigenvalue weighted by atomic mass is 9.95. The minimum Gasteiger partial charge on any atom is -0.480 e. The number of urea groups is 1.